The Labute approximate surface area is 132 Å². The van der Waals surface area contributed by atoms with Crippen LogP contribution in [0.1, 0.15) is 53.5 Å². The van der Waals surface area contributed by atoms with Gasteiger partial charge in [-0.05, 0) is 13.8 Å². The summed E-state index contributed by atoms with van der Waals surface area (Å²) in [5.74, 6) is -0.441. The number of aromatic nitrogens is 4. The molecular formula is C14H18N4O5. The highest BCUT2D eigenvalue weighted by molar-refractivity contribution is 5.93. The first-order chi connectivity index (χ1) is 11.1. The van der Waals surface area contributed by atoms with Gasteiger partial charge < -0.3 is 13.9 Å². The Morgan fingerprint density at radius 2 is 1.74 bits per heavy atom. The zero-order valence-corrected chi connectivity index (χ0v) is 13.2. The zero-order chi connectivity index (χ0) is 16.8. The van der Waals surface area contributed by atoms with Gasteiger partial charge in [0, 0.05) is 12.5 Å². The number of hydrogen-bond donors (Lipinski definition) is 0. The smallest absolute Gasteiger partial charge is 0.358 e. The number of aryl methyl sites for hydroxylation is 1. The standard InChI is InChI=1S/C14H18N4O5/c1-4-11-15-16-12(23-11)8-18-10(14(20)22-6-3)7-9(17-18)13(19)21-5-2/h7H,4-6,8H2,1-3H3. The van der Waals surface area contributed by atoms with E-state index < -0.39 is 11.9 Å². The fourth-order valence-electron chi connectivity index (χ4n) is 1.83. The predicted molar refractivity (Wildman–Crippen MR) is 76.9 cm³/mol. The number of carbonyl (C=O) groups excluding carboxylic acids is 2. The van der Waals surface area contributed by atoms with Crippen LogP contribution in [-0.4, -0.2) is 45.1 Å². The van der Waals surface area contributed by atoms with Crippen molar-refractivity contribution in [2.24, 2.45) is 0 Å². The van der Waals surface area contributed by atoms with Crippen LogP contribution in [0.15, 0.2) is 10.5 Å². The third-order valence-corrected chi connectivity index (χ3v) is 2.85. The van der Waals surface area contributed by atoms with E-state index >= 15 is 0 Å². The first kappa shape index (κ1) is 16.7. The molecule has 0 atom stereocenters. The van der Waals surface area contributed by atoms with Gasteiger partial charge >= 0.3 is 11.9 Å². The van der Waals surface area contributed by atoms with Crippen molar-refractivity contribution in [3.05, 3.63) is 29.2 Å². The molecule has 0 fully saturated rings. The maximum absolute atomic E-state index is 12.0. The summed E-state index contributed by atoms with van der Waals surface area (Å²) < 4.78 is 16.5. The minimum absolute atomic E-state index is 0.0186. The molecule has 0 unspecified atom stereocenters. The lowest BCUT2D eigenvalue weighted by Gasteiger charge is -2.04. The van der Waals surface area contributed by atoms with Gasteiger partial charge in [-0.1, -0.05) is 6.92 Å². The predicted octanol–water partition coefficient (Wildman–Crippen LogP) is 1.23. The van der Waals surface area contributed by atoms with Crippen LogP contribution in [0, 0.1) is 0 Å². The molecule has 2 aromatic rings. The van der Waals surface area contributed by atoms with Crippen LogP contribution in [0.3, 0.4) is 0 Å². The largest absolute Gasteiger partial charge is 0.461 e. The summed E-state index contributed by atoms with van der Waals surface area (Å²) in [4.78, 5) is 23.8. The maximum Gasteiger partial charge on any atom is 0.358 e. The van der Waals surface area contributed by atoms with Gasteiger partial charge in [-0.3, -0.25) is 0 Å². The Balaban J connectivity index is 2.30. The number of carbonyl (C=O) groups is 2. The van der Waals surface area contributed by atoms with Crippen molar-refractivity contribution in [2.75, 3.05) is 13.2 Å². The summed E-state index contributed by atoms with van der Waals surface area (Å²) >= 11 is 0. The Bertz CT molecular complexity index is 691. The minimum atomic E-state index is -0.614. The maximum atomic E-state index is 12.0. The Hall–Kier alpha value is -2.71. The summed E-state index contributed by atoms with van der Waals surface area (Å²) in [6.07, 6.45) is 0.602. The molecule has 2 aromatic heterocycles. The fraction of sp³-hybridized carbons (Fsp3) is 0.500. The van der Waals surface area contributed by atoms with Gasteiger partial charge in [0.2, 0.25) is 11.8 Å². The molecule has 0 bridgehead atoms. The molecule has 9 heteroatoms. The second-order valence-electron chi connectivity index (χ2n) is 4.46. The van der Waals surface area contributed by atoms with Crippen LogP contribution in [0.25, 0.3) is 0 Å². The average molecular weight is 322 g/mol. The van der Waals surface area contributed by atoms with Gasteiger partial charge in [0.05, 0.1) is 13.2 Å². The van der Waals surface area contributed by atoms with Gasteiger partial charge in [-0.25, -0.2) is 14.3 Å². The number of ether oxygens (including phenoxy) is 2. The van der Waals surface area contributed by atoms with E-state index in [9.17, 15) is 9.59 Å². The summed E-state index contributed by atoms with van der Waals surface area (Å²) in [7, 11) is 0. The minimum Gasteiger partial charge on any atom is -0.461 e. The topological polar surface area (TPSA) is 109 Å². The van der Waals surface area contributed by atoms with Crippen LogP contribution in [0.5, 0.6) is 0 Å². The van der Waals surface area contributed by atoms with Crippen LogP contribution >= 0.6 is 0 Å². The highest BCUT2D eigenvalue weighted by Crippen LogP contribution is 2.11. The molecule has 23 heavy (non-hydrogen) atoms. The first-order valence-corrected chi connectivity index (χ1v) is 7.32. The molecule has 2 rings (SSSR count). The molecule has 0 saturated heterocycles. The Morgan fingerprint density at radius 1 is 1.09 bits per heavy atom. The summed E-state index contributed by atoms with van der Waals surface area (Å²) in [5, 5.41) is 11.8. The van der Waals surface area contributed by atoms with Crippen molar-refractivity contribution in [2.45, 2.75) is 33.7 Å². The van der Waals surface area contributed by atoms with E-state index in [-0.39, 0.29) is 37.0 Å². The molecule has 0 aliphatic heterocycles. The molecule has 0 aromatic carbocycles. The third-order valence-electron chi connectivity index (χ3n) is 2.85. The van der Waals surface area contributed by atoms with Crippen LogP contribution in [-0.2, 0) is 22.4 Å². The zero-order valence-electron chi connectivity index (χ0n) is 13.2. The van der Waals surface area contributed by atoms with Gasteiger partial charge in [-0.15, -0.1) is 10.2 Å². The SMILES string of the molecule is CCOC(=O)c1cc(C(=O)OCC)n(Cc2nnc(CC)o2)n1. The van der Waals surface area contributed by atoms with Gasteiger partial charge in [0.25, 0.3) is 0 Å². The fourth-order valence-corrected chi connectivity index (χ4v) is 1.83. The van der Waals surface area contributed by atoms with Crippen molar-refractivity contribution in [1.29, 1.82) is 0 Å². The summed E-state index contributed by atoms with van der Waals surface area (Å²) in [5.41, 5.74) is 0.135. The third kappa shape index (κ3) is 3.93. The van der Waals surface area contributed by atoms with Crippen LogP contribution in [0.2, 0.25) is 0 Å². The summed E-state index contributed by atoms with van der Waals surface area (Å²) in [6, 6.07) is 1.33. The van der Waals surface area contributed by atoms with E-state index in [2.05, 4.69) is 15.3 Å². The number of nitrogens with zero attached hydrogens (tertiary/aromatic N) is 4. The van der Waals surface area contributed by atoms with E-state index in [1.165, 1.54) is 10.7 Å². The van der Waals surface area contributed by atoms with Crippen molar-refractivity contribution < 1.29 is 23.5 Å². The number of hydrogen-bond acceptors (Lipinski definition) is 8. The van der Waals surface area contributed by atoms with Crippen LogP contribution in [0.4, 0.5) is 0 Å². The average Bonchev–Trinajstić information content (AvgIpc) is 3.15. The first-order valence-electron chi connectivity index (χ1n) is 7.32. The van der Waals surface area contributed by atoms with E-state index in [0.29, 0.717) is 12.3 Å². The lowest BCUT2D eigenvalue weighted by molar-refractivity contribution is 0.0506. The van der Waals surface area contributed by atoms with E-state index in [1.54, 1.807) is 13.8 Å². The molecule has 9 nitrogen and oxygen atoms in total. The quantitative estimate of drug-likeness (QED) is 0.700. The molecule has 0 spiro atoms. The lowest BCUT2D eigenvalue weighted by Crippen LogP contribution is -2.14. The van der Waals surface area contributed by atoms with Crippen molar-refractivity contribution in [1.82, 2.24) is 20.0 Å². The highest BCUT2D eigenvalue weighted by Gasteiger charge is 2.22. The Kier molecular flexibility index (Phi) is 5.45. The second kappa shape index (κ2) is 7.52. The molecule has 0 N–H and O–H groups in total. The molecule has 0 aliphatic rings. The van der Waals surface area contributed by atoms with Gasteiger partial charge in [0.15, 0.2) is 5.69 Å². The Morgan fingerprint density at radius 3 is 2.35 bits per heavy atom. The highest BCUT2D eigenvalue weighted by atomic mass is 16.5. The molecule has 0 saturated carbocycles. The second-order valence-corrected chi connectivity index (χ2v) is 4.46. The van der Waals surface area contributed by atoms with E-state index in [0.717, 1.165) is 0 Å². The van der Waals surface area contributed by atoms with Crippen molar-refractivity contribution in [3.8, 4) is 0 Å². The number of rotatable bonds is 7. The molecule has 124 valence electrons. The van der Waals surface area contributed by atoms with Crippen molar-refractivity contribution in [3.63, 3.8) is 0 Å². The molecule has 0 radical (unpaired) electrons. The van der Waals surface area contributed by atoms with Gasteiger partial charge in [0.1, 0.15) is 12.2 Å². The molecule has 0 amide bonds. The lowest BCUT2D eigenvalue weighted by atomic mass is 10.3. The monoisotopic (exact) mass is 322 g/mol. The van der Waals surface area contributed by atoms with Crippen LogP contribution < -0.4 is 0 Å². The van der Waals surface area contributed by atoms with Crippen molar-refractivity contribution >= 4 is 11.9 Å². The molecular weight excluding hydrogens is 304 g/mol. The summed E-state index contributed by atoms with van der Waals surface area (Å²) in [6.45, 7) is 5.74. The van der Waals surface area contributed by atoms with E-state index in [4.69, 9.17) is 13.9 Å². The van der Waals surface area contributed by atoms with Gasteiger partial charge in [-0.2, -0.15) is 5.10 Å². The molecule has 0 aliphatic carbocycles. The molecule has 2 heterocycles. The number of esters is 2. The normalized spacial score (nSPS) is 10.6. The van der Waals surface area contributed by atoms with E-state index in [1.807, 2.05) is 6.92 Å².